The van der Waals surface area contributed by atoms with Gasteiger partial charge in [-0.25, -0.2) is 0 Å². The van der Waals surface area contributed by atoms with Crippen LogP contribution in [0, 0.1) is 6.92 Å². The number of nitrogens with one attached hydrogen (secondary N) is 2. The molecule has 0 radical (unpaired) electrons. The maximum Gasteiger partial charge on any atom is 0.255 e. The summed E-state index contributed by atoms with van der Waals surface area (Å²) in [6.07, 6.45) is 0. The minimum Gasteiger partial charge on any atom is -0.485 e. The van der Waals surface area contributed by atoms with Crippen molar-refractivity contribution in [3.8, 4) is 5.75 Å². The number of para-hydroxylation sites is 1. The van der Waals surface area contributed by atoms with Crippen LogP contribution < -0.4 is 15.4 Å². The summed E-state index contributed by atoms with van der Waals surface area (Å²) in [5, 5.41) is 9.18. The Morgan fingerprint density at radius 3 is 2.50 bits per heavy atom. The van der Waals surface area contributed by atoms with Gasteiger partial charge in [-0.05, 0) is 29.8 Å². The van der Waals surface area contributed by atoms with Crippen molar-refractivity contribution in [3.63, 3.8) is 0 Å². The Kier molecular flexibility index (Phi) is 6.01. The van der Waals surface area contributed by atoms with Crippen LogP contribution in [0.25, 0.3) is 0 Å². The van der Waals surface area contributed by atoms with E-state index < -0.39 is 0 Å². The van der Waals surface area contributed by atoms with E-state index in [1.165, 1.54) is 0 Å². The van der Waals surface area contributed by atoms with Crippen LogP contribution >= 0.6 is 0 Å². The number of rotatable bonds is 7. The van der Waals surface area contributed by atoms with Crippen LogP contribution in [0.4, 0.5) is 0 Å². The summed E-state index contributed by atoms with van der Waals surface area (Å²) in [4.78, 5) is 28.2. The molecule has 2 aromatic carbocycles. The largest absolute Gasteiger partial charge is 0.485 e. The molecule has 0 atom stereocenters. The van der Waals surface area contributed by atoms with Gasteiger partial charge in [-0.3, -0.25) is 9.59 Å². The van der Waals surface area contributed by atoms with Gasteiger partial charge in [-0.1, -0.05) is 29.4 Å². The number of carbonyl (C=O) groups is 2. The number of carbonyl (C=O) groups excluding carboxylic acids is 2. The molecule has 0 spiro atoms. The molecule has 0 saturated carbocycles. The number of benzene rings is 2. The molecule has 3 rings (SSSR count). The van der Waals surface area contributed by atoms with Gasteiger partial charge >= 0.3 is 0 Å². The fourth-order valence-electron chi connectivity index (χ4n) is 2.52. The SMILES string of the molecule is CNC(=O)c1ccc(CNC(=O)c2ccccc2OCc2noc(C)n2)cc1. The van der Waals surface area contributed by atoms with Crippen LogP contribution in [0.3, 0.4) is 0 Å². The van der Waals surface area contributed by atoms with E-state index in [0.717, 1.165) is 5.56 Å². The summed E-state index contributed by atoms with van der Waals surface area (Å²) in [7, 11) is 1.58. The van der Waals surface area contributed by atoms with Gasteiger partial charge in [-0.2, -0.15) is 4.98 Å². The van der Waals surface area contributed by atoms with Crippen LogP contribution in [0.5, 0.6) is 5.75 Å². The Hall–Kier alpha value is -3.68. The Morgan fingerprint density at radius 1 is 1.07 bits per heavy atom. The molecule has 0 aliphatic carbocycles. The average molecular weight is 380 g/mol. The molecule has 3 aromatic rings. The highest BCUT2D eigenvalue weighted by Gasteiger charge is 2.13. The molecule has 28 heavy (non-hydrogen) atoms. The van der Waals surface area contributed by atoms with Gasteiger partial charge in [0.1, 0.15) is 5.75 Å². The summed E-state index contributed by atoms with van der Waals surface area (Å²) in [5.41, 5.74) is 1.85. The minimum absolute atomic E-state index is 0.0998. The molecule has 144 valence electrons. The lowest BCUT2D eigenvalue weighted by atomic mass is 10.1. The molecule has 0 saturated heterocycles. The van der Waals surface area contributed by atoms with Gasteiger partial charge in [0.05, 0.1) is 5.56 Å². The second kappa shape index (κ2) is 8.81. The third-order valence-corrected chi connectivity index (χ3v) is 3.95. The van der Waals surface area contributed by atoms with E-state index >= 15 is 0 Å². The van der Waals surface area contributed by atoms with E-state index in [1.807, 2.05) is 0 Å². The van der Waals surface area contributed by atoms with Crippen molar-refractivity contribution in [2.45, 2.75) is 20.1 Å². The fourth-order valence-corrected chi connectivity index (χ4v) is 2.52. The molecule has 2 N–H and O–H groups in total. The first-order chi connectivity index (χ1) is 13.6. The molecule has 8 heteroatoms. The van der Waals surface area contributed by atoms with Crippen molar-refractivity contribution in [3.05, 3.63) is 76.9 Å². The number of aryl methyl sites for hydroxylation is 1. The number of ether oxygens (including phenoxy) is 1. The van der Waals surface area contributed by atoms with Crippen molar-refractivity contribution in [1.82, 2.24) is 20.8 Å². The standard InChI is InChI=1S/C20H20N4O4/c1-13-23-18(24-28-13)12-27-17-6-4-3-5-16(17)20(26)22-11-14-7-9-15(10-8-14)19(25)21-2/h3-10H,11-12H2,1-2H3,(H,21,25)(H,22,26). The second-order valence-electron chi connectivity index (χ2n) is 5.97. The summed E-state index contributed by atoms with van der Waals surface area (Å²) < 4.78 is 10.6. The van der Waals surface area contributed by atoms with E-state index in [2.05, 4.69) is 20.8 Å². The van der Waals surface area contributed by atoms with Crippen molar-refractivity contribution in [2.75, 3.05) is 7.05 Å². The smallest absolute Gasteiger partial charge is 0.255 e. The predicted octanol–water partition coefficient (Wildman–Crippen LogP) is 2.25. The van der Waals surface area contributed by atoms with Crippen LogP contribution in [-0.2, 0) is 13.2 Å². The highest BCUT2D eigenvalue weighted by molar-refractivity contribution is 5.97. The van der Waals surface area contributed by atoms with Crippen LogP contribution in [0.15, 0.2) is 53.1 Å². The third kappa shape index (κ3) is 4.73. The molecule has 0 aliphatic rings. The lowest BCUT2D eigenvalue weighted by Gasteiger charge is -2.11. The van der Waals surface area contributed by atoms with Gasteiger partial charge in [0, 0.05) is 26.1 Å². The molecule has 2 amide bonds. The summed E-state index contributed by atoms with van der Waals surface area (Å²) in [5.74, 6) is 0.863. The molecule has 1 heterocycles. The first-order valence-electron chi connectivity index (χ1n) is 8.67. The normalized spacial score (nSPS) is 10.4. The zero-order valence-electron chi connectivity index (χ0n) is 15.6. The number of nitrogens with zero attached hydrogens (tertiary/aromatic N) is 2. The highest BCUT2D eigenvalue weighted by Crippen LogP contribution is 2.19. The number of aromatic nitrogens is 2. The quantitative estimate of drug-likeness (QED) is 0.651. The zero-order valence-corrected chi connectivity index (χ0v) is 15.6. The van der Waals surface area contributed by atoms with Crippen LogP contribution in [0.1, 0.15) is 38.0 Å². The van der Waals surface area contributed by atoms with Crippen molar-refractivity contribution in [2.24, 2.45) is 0 Å². The minimum atomic E-state index is -0.268. The zero-order chi connectivity index (χ0) is 19.9. The monoisotopic (exact) mass is 380 g/mol. The molecule has 0 aliphatic heterocycles. The van der Waals surface area contributed by atoms with E-state index in [0.29, 0.717) is 35.1 Å². The first-order valence-corrected chi connectivity index (χ1v) is 8.67. The van der Waals surface area contributed by atoms with Crippen LogP contribution in [0.2, 0.25) is 0 Å². The molecule has 0 bridgehead atoms. The van der Waals surface area contributed by atoms with Gasteiger partial charge in [0.25, 0.3) is 11.8 Å². The number of hydrogen-bond acceptors (Lipinski definition) is 6. The fraction of sp³-hybridized carbons (Fsp3) is 0.200. The average Bonchev–Trinajstić information content (AvgIpc) is 3.15. The van der Waals surface area contributed by atoms with Crippen molar-refractivity contribution < 1.29 is 18.8 Å². The van der Waals surface area contributed by atoms with Crippen molar-refractivity contribution in [1.29, 1.82) is 0 Å². The van der Waals surface area contributed by atoms with E-state index in [4.69, 9.17) is 9.26 Å². The molecule has 0 unspecified atom stereocenters. The van der Waals surface area contributed by atoms with Gasteiger partial charge in [0.2, 0.25) is 11.7 Å². The summed E-state index contributed by atoms with van der Waals surface area (Å²) in [6.45, 7) is 2.12. The molecular formula is C20H20N4O4. The predicted molar refractivity (Wildman–Crippen MR) is 101 cm³/mol. The Labute approximate surface area is 161 Å². The Bertz CT molecular complexity index is 966. The van der Waals surface area contributed by atoms with Gasteiger partial charge < -0.3 is 19.9 Å². The first kappa shape index (κ1) is 19.1. The molecule has 0 fully saturated rings. The maximum absolute atomic E-state index is 12.6. The van der Waals surface area contributed by atoms with Crippen LogP contribution in [-0.4, -0.2) is 29.0 Å². The number of hydrogen-bond donors (Lipinski definition) is 2. The lowest BCUT2D eigenvalue weighted by molar-refractivity contribution is 0.0942. The number of amides is 2. The van der Waals surface area contributed by atoms with E-state index in [-0.39, 0.29) is 18.4 Å². The van der Waals surface area contributed by atoms with Gasteiger partial charge in [0.15, 0.2) is 6.61 Å². The summed E-state index contributed by atoms with van der Waals surface area (Å²) in [6, 6.07) is 14.0. The van der Waals surface area contributed by atoms with E-state index in [1.54, 1.807) is 62.5 Å². The molecule has 1 aromatic heterocycles. The Morgan fingerprint density at radius 2 is 1.82 bits per heavy atom. The lowest BCUT2D eigenvalue weighted by Crippen LogP contribution is -2.23. The summed E-state index contributed by atoms with van der Waals surface area (Å²) >= 11 is 0. The van der Waals surface area contributed by atoms with Crippen molar-refractivity contribution >= 4 is 11.8 Å². The van der Waals surface area contributed by atoms with Gasteiger partial charge in [-0.15, -0.1) is 0 Å². The van der Waals surface area contributed by atoms with E-state index in [9.17, 15) is 9.59 Å². The molecule has 8 nitrogen and oxygen atoms in total. The highest BCUT2D eigenvalue weighted by atomic mass is 16.5. The second-order valence-corrected chi connectivity index (χ2v) is 5.97. The topological polar surface area (TPSA) is 106 Å². The Balaban J connectivity index is 1.61. The molecular weight excluding hydrogens is 360 g/mol. The third-order valence-electron chi connectivity index (χ3n) is 3.95. The maximum atomic E-state index is 12.6.